The largest absolute Gasteiger partial charge is 0.496 e. The summed E-state index contributed by atoms with van der Waals surface area (Å²) in [6.07, 6.45) is 2.02. The standard InChI is InChI=1S/C23H27N7O4S/c1-14(2)30-22(26-27-28-30)19-5-4-6-21(24-19)25-23(31)18-11-16-13-29(35(32,33)17-7-8-17)10-9-15(16)12-20(18)34-3/h4-6,11-12,14,17H,7-10,13H2,1-3H3,(H,24,25,31). The summed E-state index contributed by atoms with van der Waals surface area (Å²) in [4.78, 5) is 17.8. The number of carbonyl (C=O) groups is 1. The van der Waals surface area contributed by atoms with Crippen LogP contribution in [0.4, 0.5) is 5.82 Å². The molecule has 1 N–H and O–H groups in total. The van der Waals surface area contributed by atoms with Crippen molar-refractivity contribution in [3.63, 3.8) is 0 Å². The molecule has 2 aromatic heterocycles. The number of benzene rings is 1. The van der Waals surface area contributed by atoms with Crippen LogP contribution in [0, 0.1) is 0 Å². The summed E-state index contributed by atoms with van der Waals surface area (Å²) in [6, 6.07) is 8.81. The van der Waals surface area contributed by atoms with Gasteiger partial charge in [0.2, 0.25) is 15.8 Å². The number of tetrazole rings is 1. The third kappa shape index (κ3) is 4.50. The van der Waals surface area contributed by atoms with Gasteiger partial charge in [-0.25, -0.2) is 18.1 Å². The van der Waals surface area contributed by atoms with Crippen molar-refractivity contribution in [3.05, 3.63) is 47.0 Å². The number of amides is 1. The fourth-order valence-electron chi connectivity index (χ4n) is 4.22. The molecule has 0 unspecified atom stereocenters. The van der Waals surface area contributed by atoms with Crippen molar-refractivity contribution in [2.75, 3.05) is 19.0 Å². The molecule has 12 heteroatoms. The lowest BCUT2D eigenvalue weighted by Crippen LogP contribution is -2.38. The van der Waals surface area contributed by atoms with Gasteiger partial charge in [0.1, 0.15) is 17.3 Å². The van der Waals surface area contributed by atoms with E-state index in [4.69, 9.17) is 4.74 Å². The first kappa shape index (κ1) is 23.4. The molecule has 184 valence electrons. The Bertz CT molecular complexity index is 1380. The van der Waals surface area contributed by atoms with Crippen LogP contribution in [0.15, 0.2) is 30.3 Å². The number of methoxy groups -OCH3 is 1. The summed E-state index contributed by atoms with van der Waals surface area (Å²) in [5.41, 5.74) is 2.64. The molecule has 0 radical (unpaired) electrons. The molecule has 5 rings (SSSR count). The highest BCUT2D eigenvalue weighted by Gasteiger charge is 2.41. The number of sulfonamides is 1. The van der Waals surface area contributed by atoms with Crippen molar-refractivity contribution in [1.29, 1.82) is 0 Å². The van der Waals surface area contributed by atoms with Gasteiger partial charge in [-0.1, -0.05) is 6.07 Å². The molecule has 0 atom stereocenters. The molecule has 3 heterocycles. The number of carbonyl (C=O) groups excluding carboxylic acids is 1. The Morgan fingerprint density at radius 2 is 2.00 bits per heavy atom. The third-order valence-corrected chi connectivity index (χ3v) is 8.60. The summed E-state index contributed by atoms with van der Waals surface area (Å²) in [5.74, 6) is 0.863. The monoisotopic (exact) mass is 497 g/mol. The highest BCUT2D eigenvalue weighted by molar-refractivity contribution is 7.90. The molecule has 1 aromatic carbocycles. The minimum atomic E-state index is -3.29. The highest BCUT2D eigenvalue weighted by atomic mass is 32.2. The van der Waals surface area contributed by atoms with Gasteiger partial charge < -0.3 is 10.1 Å². The van der Waals surface area contributed by atoms with Crippen molar-refractivity contribution in [2.45, 2.75) is 50.9 Å². The van der Waals surface area contributed by atoms with E-state index in [1.54, 1.807) is 28.9 Å². The van der Waals surface area contributed by atoms with Crippen LogP contribution in [0.3, 0.4) is 0 Å². The maximum absolute atomic E-state index is 13.2. The fraction of sp³-hybridized carbons (Fsp3) is 0.435. The first-order chi connectivity index (χ1) is 16.8. The number of ether oxygens (including phenoxy) is 1. The van der Waals surface area contributed by atoms with E-state index in [2.05, 4.69) is 25.8 Å². The fourth-order valence-corrected chi connectivity index (χ4v) is 6.04. The minimum absolute atomic E-state index is 0.0445. The van der Waals surface area contributed by atoms with Crippen molar-refractivity contribution >= 4 is 21.7 Å². The first-order valence-electron chi connectivity index (χ1n) is 11.5. The van der Waals surface area contributed by atoms with Gasteiger partial charge in [-0.05, 0) is 78.9 Å². The molecule has 3 aromatic rings. The van der Waals surface area contributed by atoms with Crippen LogP contribution >= 0.6 is 0 Å². The Kier molecular flexibility index (Phi) is 6.01. The molecule has 35 heavy (non-hydrogen) atoms. The van der Waals surface area contributed by atoms with Crippen LogP contribution < -0.4 is 10.1 Å². The Morgan fingerprint density at radius 3 is 2.71 bits per heavy atom. The van der Waals surface area contributed by atoms with Gasteiger partial charge in [-0.15, -0.1) is 5.10 Å². The topological polar surface area (TPSA) is 132 Å². The summed E-state index contributed by atoms with van der Waals surface area (Å²) >= 11 is 0. The number of pyridine rings is 1. The minimum Gasteiger partial charge on any atom is -0.496 e. The first-order valence-corrected chi connectivity index (χ1v) is 13.0. The highest BCUT2D eigenvalue weighted by Crippen LogP contribution is 2.35. The quantitative estimate of drug-likeness (QED) is 0.526. The zero-order valence-corrected chi connectivity index (χ0v) is 20.6. The number of anilines is 1. The lowest BCUT2D eigenvalue weighted by molar-refractivity contribution is 0.102. The Hall–Kier alpha value is -3.38. The van der Waals surface area contributed by atoms with Gasteiger partial charge >= 0.3 is 0 Å². The van der Waals surface area contributed by atoms with Crippen molar-refractivity contribution < 1.29 is 17.9 Å². The predicted molar refractivity (Wildman–Crippen MR) is 128 cm³/mol. The van der Waals surface area contributed by atoms with Crippen LogP contribution in [0.5, 0.6) is 5.75 Å². The van der Waals surface area contributed by atoms with Gasteiger partial charge in [0.25, 0.3) is 5.91 Å². The number of nitrogens with zero attached hydrogens (tertiary/aromatic N) is 6. The number of nitrogens with one attached hydrogen (secondary N) is 1. The number of hydrogen-bond acceptors (Lipinski definition) is 8. The predicted octanol–water partition coefficient (Wildman–Crippen LogP) is 2.43. The number of rotatable bonds is 7. The zero-order chi connectivity index (χ0) is 24.7. The van der Waals surface area contributed by atoms with Crippen molar-refractivity contribution in [3.8, 4) is 17.3 Å². The molecule has 0 saturated heterocycles. The van der Waals surface area contributed by atoms with Gasteiger partial charge in [-0.2, -0.15) is 4.31 Å². The lowest BCUT2D eigenvalue weighted by Gasteiger charge is -2.29. The maximum Gasteiger partial charge on any atom is 0.260 e. The van der Waals surface area contributed by atoms with Gasteiger partial charge in [0.15, 0.2) is 0 Å². The number of aromatic nitrogens is 5. The molecule has 1 saturated carbocycles. The van der Waals surface area contributed by atoms with Crippen LogP contribution in [0.25, 0.3) is 11.5 Å². The van der Waals surface area contributed by atoms with E-state index < -0.39 is 15.9 Å². The molecule has 0 bridgehead atoms. The van der Waals surface area contributed by atoms with Crippen molar-refractivity contribution in [2.24, 2.45) is 0 Å². The van der Waals surface area contributed by atoms with E-state index in [0.717, 1.165) is 24.0 Å². The lowest BCUT2D eigenvalue weighted by atomic mass is 9.97. The Labute approximate surface area is 203 Å². The average Bonchev–Trinajstić information content (AvgIpc) is 3.60. The van der Waals surface area contributed by atoms with Gasteiger partial charge in [-0.3, -0.25) is 4.79 Å². The summed E-state index contributed by atoms with van der Waals surface area (Å²) < 4.78 is 34.1. The normalized spacial score (nSPS) is 16.2. The summed E-state index contributed by atoms with van der Waals surface area (Å²) in [6.45, 7) is 4.62. The molecular weight excluding hydrogens is 470 g/mol. The molecule has 1 amide bonds. The summed E-state index contributed by atoms with van der Waals surface area (Å²) in [7, 11) is -1.78. The molecule has 1 aliphatic heterocycles. The molecule has 0 spiro atoms. The van der Waals surface area contributed by atoms with Gasteiger partial charge in [0.05, 0.1) is 24.0 Å². The second-order valence-corrected chi connectivity index (χ2v) is 11.3. The van der Waals surface area contributed by atoms with E-state index in [1.807, 2.05) is 19.9 Å². The third-order valence-electron chi connectivity index (χ3n) is 6.25. The van der Waals surface area contributed by atoms with E-state index in [1.165, 1.54) is 11.4 Å². The van der Waals surface area contributed by atoms with E-state index in [0.29, 0.717) is 41.6 Å². The summed E-state index contributed by atoms with van der Waals surface area (Å²) in [5, 5.41) is 14.3. The smallest absolute Gasteiger partial charge is 0.260 e. The molecule has 1 aliphatic carbocycles. The number of hydrogen-bond donors (Lipinski definition) is 1. The zero-order valence-electron chi connectivity index (χ0n) is 19.8. The average molecular weight is 498 g/mol. The molecule has 11 nitrogen and oxygen atoms in total. The van der Waals surface area contributed by atoms with Crippen LogP contribution in [-0.4, -0.2) is 62.7 Å². The van der Waals surface area contributed by atoms with Gasteiger partial charge in [0, 0.05) is 13.1 Å². The van der Waals surface area contributed by atoms with E-state index in [-0.39, 0.29) is 17.8 Å². The SMILES string of the molecule is COc1cc2c(cc1C(=O)Nc1cccc(-c3nnnn3C(C)C)n1)CN(S(=O)(=O)C1CC1)CC2. The van der Waals surface area contributed by atoms with Crippen LogP contribution in [-0.2, 0) is 23.0 Å². The van der Waals surface area contributed by atoms with Crippen LogP contribution in [0.1, 0.15) is 54.2 Å². The van der Waals surface area contributed by atoms with E-state index >= 15 is 0 Å². The molecular formula is C23H27N7O4S. The van der Waals surface area contributed by atoms with E-state index in [9.17, 15) is 13.2 Å². The second-order valence-electron chi connectivity index (χ2n) is 9.05. The van der Waals surface area contributed by atoms with Crippen molar-refractivity contribution in [1.82, 2.24) is 29.5 Å². The van der Waals surface area contributed by atoms with Crippen LogP contribution in [0.2, 0.25) is 0 Å². The second kappa shape index (κ2) is 9.00. The molecule has 1 fully saturated rings. The Morgan fingerprint density at radius 1 is 1.20 bits per heavy atom. The maximum atomic E-state index is 13.2. The Balaban J connectivity index is 1.41. The number of fused-ring (bicyclic) bond motifs is 1. The molecule has 2 aliphatic rings.